The quantitative estimate of drug-likeness (QED) is 0.230. The van der Waals surface area contributed by atoms with Crippen LogP contribution in [-0.2, 0) is 6.54 Å². The fraction of sp³-hybridized carbons (Fsp3) is 0.562. The molecule has 0 radical (unpaired) electrons. The molecule has 134 valence electrons. The lowest BCUT2D eigenvalue weighted by atomic mass is 10.2. The van der Waals surface area contributed by atoms with Crippen LogP contribution < -0.4 is 10.6 Å². The van der Waals surface area contributed by atoms with Crippen LogP contribution in [0.3, 0.4) is 0 Å². The Hall–Kier alpha value is -1.42. The van der Waals surface area contributed by atoms with Crippen molar-refractivity contribution in [3.8, 4) is 0 Å². The number of guanidine groups is 1. The predicted molar refractivity (Wildman–Crippen MR) is 107 cm³/mol. The number of rotatable bonds is 6. The van der Waals surface area contributed by atoms with Crippen LogP contribution in [0.2, 0.25) is 0 Å². The number of halogens is 1. The van der Waals surface area contributed by atoms with E-state index in [0.717, 1.165) is 24.6 Å². The maximum absolute atomic E-state index is 10.8. The lowest BCUT2D eigenvalue weighted by molar-refractivity contribution is -0.384. The number of hydrogen-bond donors (Lipinski definition) is 2. The normalized spacial score (nSPS) is 18.1. The van der Waals surface area contributed by atoms with Crippen LogP contribution >= 0.6 is 24.0 Å². The van der Waals surface area contributed by atoms with E-state index in [0.29, 0.717) is 12.6 Å². The van der Waals surface area contributed by atoms with Gasteiger partial charge in [-0.05, 0) is 31.5 Å². The standard InChI is InChI=1S/C16H25N5O2.HI/c1-3-20-9-5-8-15(20)12-19-16(17-2)18-11-13-6-4-7-14(10-13)21(22)23;/h4,6-7,10,15H,3,5,8-9,11-12H2,1-2H3,(H2,17,18,19);1H. The zero-order valence-electron chi connectivity index (χ0n) is 14.2. The van der Waals surface area contributed by atoms with E-state index in [1.807, 2.05) is 6.07 Å². The number of nitro benzene ring substituents is 1. The zero-order chi connectivity index (χ0) is 16.7. The van der Waals surface area contributed by atoms with E-state index in [2.05, 4.69) is 27.4 Å². The molecular weight excluding hydrogens is 421 g/mol. The highest BCUT2D eigenvalue weighted by molar-refractivity contribution is 14.0. The molecule has 2 N–H and O–H groups in total. The summed E-state index contributed by atoms with van der Waals surface area (Å²) in [5.41, 5.74) is 0.968. The number of benzene rings is 1. The Morgan fingerprint density at radius 2 is 2.25 bits per heavy atom. The molecule has 1 aliphatic rings. The molecule has 0 aliphatic carbocycles. The Balaban J connectivity index is 0.00000288. The second-order valence-corrected chi connectivity index (χ2v) is 5.66. The van der Waals surface area contributed by atoms with Crippen LogP contribution in [0.5, 0.6) is 0 Å². The molecule has 2 rings (SSSR count). The maximum atomic E-state index is 10.8. The summed E-state index contributed by atoms with van der Waals surface area (Å²) in [5, 5.41) is 17.4. The number of likely N-dealkylation sites (N-methyl/N-ethyl adjacent to an activating group) is 1. The van der Waals surface area contributed by atoms with E-state index in [9.17, 15) is 10.1 Å². The highest BCUT2D eigenvalue weighted by atomic mass is 127. The van der Waals surface area contributed by atoms with E-state index >= 15 is 0 Å². The summed E-state index contributed by atoms with van der Waals surface area (Å²) in [6, 6.07) is 7.19. The Morgan fingerprint density at radius 3 is 2.92 bits per heavy atom. The number of aliphatic imine (C=N–C) groups is 1. The number of nitrogens with zero attached hydrogens (tertiary/aromatic N) is 3. The van der Waals surface area contributed by atoms with Gasteiger partial charge in [-0.2, -0.15) is 0 Å². The minimum atomic E-state index is -0.379. The molecule has 1 aromatic rings. The minimum Gasteiger partial charge on any atom is -0.355 e. The van der Waals surface area contributed by atoms with Crippen molar-refractivity contribution < 1.29 is 4.92 Å². The highest BCUT2D eigenvalue weighted by Gasteiger charge is 2.22. The van der Waals surface area contributed by atoms with Crippen LogP contribution in [0.15, 0.2) is 29.3 Å². The van der Waals surface area contributed by atoms with Crippen molar-refractivity contribution in [1.82, 2.24) is 15.5 Å². The largest absolute Gasteiger partial charge is 0.355 e. The number of hydrogen-bond acceptors (Lipinski definition) is 4. The van der Waals surface area contributed by atoms with Crippen molar-refractivity contribution in [2.45, 2.75) is 32.4 Å². The average Bonchev–Trinajstić information content (AvgIpc) is 3.02. The molecule has 1 aromatic carbocycles. The van der Waals surface area contributed by atoms with Gasteiger partial charge in [-0.15, -0.1) is 24.0 Å². The van der Waals surface area contributed by atoms with Crippen molar-refractivity contribution in [2.75, 3.05) is 26.7 Å². The fourth-order valence-corrected chi connectivity index (χ4v) is 2.94. The number of nitro groups is 1. The van der Waals surface area contributed by atoms with Crippen molar-refractivity contribution in [3.63, 3.8) is 0 Å². The lowest BCUT2D eigenvalue weighted by Crippen LogP contribution is -2.44. The van der Waals surface area contributed by atoms with Crippen molar-refractivity contribution in [2.24, 2.45) is 4.99 Å². The second kappa shape index (κ2) is 10.4. The summed E-state index contributed by atoms with van der Waals surface area (Å²) in [6.07, 6.45) is 2.46. The van der Waals surface area contributed by atoms with E-state index in [1.54, 1.807) is 19.2 Å². The average molecular weight is 447 g/mol. The van der Waals surface area contributed by atoms with Gasteiger partial charge >= 0.3 is 0 Å². The summed E-state index contributed by atoms with van der Waals surface area (Å²) in [7, 11) is 1.73. The Bertz CT molecular complexity index is 567. The van der Waals surface area contributed by atoms with Crippen molar-refractivity contribution >= 4 is 35.6 Å². The second-order valence-electron chi connectivity index (χ2n) is 5.66. The van der Waals surface area contributed by atoms with E-state index < -0.39 is 0 Å². The first-order valence-corrected chi connectivity index (χ1v) is 8.06. The molecule has 0 amide bonds. The summed E-state index contributed by atoms with van der Waals surface area (Å²) >= 11 is 0. The van der Waals surface area contributed by atoms with Crippen molar-refractivity contribution in [3.05, 3.63) is 39.9 Å². The molecule has 0 spiro atoms. The molecule has 1 saturated heterocycles. The van der Waals surface area contributed by atoms with Gasteiger partial charge in [0.05, 0.1) is 4.92 Å². The van der Waals surface area contributed by atoms with Gasteiger partial charge < -0.3 is 10.6 Å². The molecule has 1 unspecified atom stereocenters. The van der Waals surface area contributed by atoms with Gasteiger partial charge in [0.1, 0.15) is 0 Å². The molecular formula is C16H26IN5O2. The SMILES string of the molecule is CCN1CCCC1CNC(=NC)NCc1cccc([N+](=O)[O-])c1.I. The van der Waals surface area contributed by atoms with Crippen molar-refractivity contribution in [1.29, 1.82) is 0 Å². The van der Waals surface area contributed by atoms with E-state index in [4.69, 9.17) is 0 Å². The molecule has 24 heavy (non-hydrogen) atoms. The number of non-ortho nitro benzene ring substituents is 1. The van der Waals surface area contributed by atoms with Crippen LogP contribution in [0.4, 0.5) is 5.69 Å². The summed E-state index contributed by atoms with van der Waals surface area (Å²) in [4.78, 5) is 17.1. The highest BCUT2D eigenvalue weighted by Crippen LogP contribution is 2.15. The molecule has 7 nitrogen and oxygen atoms in total. The first kappa shape index (κ1) is 20.6. The Kier molecular flexibility index (Phi) is 8.98. The first-order chi connectivity index (χ1) is 11.1. The Labute approximate surface area is 160 Å². The third-order valence-corrected chi connectivity index (χ3v) is 4.22. The van der Waals surface area contributed by atoms with Gasteiger partial charge in [0.2, 0.25) is 0 Å². The van der Waals surface area contributed by atoms with Gasteiger partial charge in [0, 0.05) is 38.3 Å². The van der Waals surface area contributed by atoms with Crippen LogP contribution in [-0.4, -0.2) is 48.5 Å². The zero-order valence-corrected chi connectivity index (χ0v) is 16.5. The summed E-state index contributed by atoms with van der Waals surface area (Å²) < 4.78 is 0. The Morgan fingerprint density at radius 1 is 1.46 bits per heavy atom. The van der Waals surface area contributed by atoms with Crippen LogP contribution in [0.1, 0.15) is 25.3 Å². The first-order valence-electron chi connectivity index (χ1n) is 8.06. The molecule has 1 atom stereocenters. The molecule has 1 heterocycles. The van der Waals surface area contributed by atoms with E-state index in [1.165, 1.54) is 25.5 Å². The smallest absolute Gasteiger partial charge is 0.269 e. The number of likely N-dealkylation sites (tertiary alicyclic amines) is 1. The molecule has 0 aromatic heterocycles. The van der Waals surface area contributed by atoms with Crippen LogP contribution in [0, 0.1) is 10.1 Å². The van der Waals surface area contributed by atoms with Gasteiger partial charge in [0.25, 0.3) is 5.69 Å². The third-order valence-electron chi connectivity index (χ3n) is 4.22. The predicted octanol–water partition coefficient (Wildman–Crippen LogP) is 2.36. The van der Waals surface area contributed by atoms with Crippen LogP contribution in [0.25, 0.3) is 0 Å². The monoisotopic (exact) mass is 447 g/mol. The summed E-state index contributed by atoms with van der Waals surface area (Å²) in [5.74, 6) is 0.722. The summed E-state index contributed by atoms with van der Waals surface area (Å²) in [6.45, 7) is 5.80. The molecule has 1 aliphatic heterocycles. The van der Waals surface area contributed by atoms with Gasteiger partial charge in [-0.1, -0.05) is 19.1 Å². The molecule has 0 saturated carbocycles. The number of nitrogens with one attached hydrogen (secondary N) is 2. The lowest BCUT2D eigenvalue weighted by Gasteiger charge is -2.24. The van der Waals surface area contributed by atoms with Gasteiger partial charge in [0.15, 0.2) is 5.96 Å². The van der Waals surface area contributed by atoms with Gasteiger partial charge in [-0.25, -0.2) is 0 Å². The third kappa shape index (κ3) is 5.90. The fourth-order valence-electron chi connectivity index (χ4n) is 2.94. The molecule has 8 heteroatoms. The molecule has 0 bridgehead atoms. The van der Waals surface area contributed by atoms with E-state index in [-0.39, 0.29) is 34.6 Å². The minimum absolute atomic E-state index is 0. The molecule has 1 fully saturated rings. The topological polar surface area (TPSA) is 82.8 Å². The van der Waals surface area contributed by atoms with Gasteiger partial charge in [-0.3, -0.25) is 20.0 Å². The maximum Gasteiger partial charge on any atom is 0.269 e.